The monoisotopic (exact) mass is 311 g/mol. The zero-order valence-corrected chi connectivity index (χ0v) is 13.2. The Balaban J connectivity index is 2.11. The highest BCUT2D eigenvalue weighted by molar-refractivity contribution is 5.84. The Kier molecular flexibility index (Phi) is 3.93. The van der Waals surface area contributed by atoms with E-state index >= 15 is 0 Å². The third-order valence-electron chi connectivity index (χ3n) is 3.69. The number of hydrogen-bond acceptors (Lipinski definition) is 5. The quantitative estimate of drug-likeness (QED) is 0.787. The number of aromatic hydroxyl groups is 1. The highest BCUT2D eigenvalue weighted by Gasteiger charge is 2.19. The van der Waals surface area contributed by atoms with Crippen LogP contribution in [0.3, 0.4) is 0 Å². The molecule has 0 saturated heterocycles. The van der Waals surface area contributed by atoms with Crippen molar-refractivity contribution < 1.29 is 19.1 Å². The molecule has 0 saturated carbocycles. The van der Waals surface area contributed by atoms with Gasteiger partial charge in [0.15, 0.2) is 5.76 Å². The minimum atomic E-state index is 0.0789. The first-order chi connectivity index (χ1) is 11.1. The first-order valence-electron chi connectivity index (χ1n) is 7.12. The van der Waals surface area contributed by atoms with Crippen LogP contribution in [0.1, 0.15) is 5.69 Å². The van der Waals surface area contributed by atoms with Crippen LogP contribution in [0.4, 0.5) is 0 Å². The lowest BCUT2D eigenvalue weighted by atomic mass is 9.99. The average Bonchev–Trinajstić information content (AvgIpc) is 2.96. The Morgan fingerprint density at radius 1 is 0.957 bits per heavy atom. The van der Waals surface area contributed by atoms with Gasteiger partial charge in [0.05, 0.1) is 31.0 Å². The van der Waals surface area contributed by atoms with Gasteiger partial charge in [-0.1, -0.05) is 17.3 Å². The van der Waals surface area contributed by atoms with Gasteiger partial charge in [0.2, 0.25) is 0 Å². The topological polar surface area (TPSA) is 64.7 Å². The van der Waals surface area contributed by atoms with E-state index in [1.165, 1.54) is 0 Å². The minimum Gasteiger partial charge on any atom is -0.507 e. The van der Waals surface area contributed by atoms with E-state index in [4.69, 9.17) is 14.0 Å². The van der Waals surface area contributed by atoms with Crippen molar-refractivity contribution >= 4 is 0 Å². The Bertz CT molecular complexity index is 822. The zero-order valence-electron chi connectivity index (χ0n) is 13.2. The largest absolute Gasteiger partial charge is 0.507 e. The number of rotatable bonds is 4. The van der Waals surface area contributed by atoms with E-state index in [2.05, 4.69) is 5.16 Å². The SMILES string of the molecule is COc1ccc(-c2c(C)noc2-c2ccc(OC)cc2O)cc1. The molecule has 0 aliphatic carbocycles. The van der Waals surface area contributed by atoms with E-state index in [0.717, 1.165) is 22.6 Å². The van der Waals surface area contributed by atoms with Gasteiger partial charge in [-0.05, 0) is 36.8 Å². The second kappa shape index (κ2) is 6.04. The molecule has 3 aromatic rings. The molecule has 0 aliphatic heterocycles. The third kappa shape index (κ3) is 2.73. The van der Waals surface area contributed by atoms with Gasteiger partial charge in [-0.2, -0.15) is 0 Å². The fourth-order valence-electron chi connectivity index (χ4n) is 2.48. The molecule has 0 bridgehead atoms. The summed E-state index contributed by atoms with van der Waals surface area (Å²) in [6.45, 7) is 1.87. The normalized spacial score (nSPS) is 10.6. The van der Waals surface area contributed by atoms with Crippen molar-refractivity contribution in [2.24, 2.45) is 0 Å². The molecule has 5 nitrogen and oxygen atoms in total. The molecule has 23 heavy (non-hydrogen) atoms. The molecule has 1 heterocycles. The van der Waals surface area contributed by atoms with Gasteiger partial charge in [-0.15, -0.1) is 0 Å². The van der Waals surface area contributed by atoms with Crippen molar-refractivity contribution in [3.63, 3.8) is 0 Å². The summed E-state index contributed by atoms with van der Waals surface area (Å²) in [4.78, 5) is 0. The molecule has 1 N–H and O–H groups in total. The summed E-state index contributed by atoms with van der Waals surface area (Å²) in [7, 11) is 3.18. The molecule has 5 heteroatoms. The first kappa shape index (κ1) is 15.0. The predicted molar refractivity (Wildman–Crippen MR) is 86.9 cm³/mol. The smallest absolute Gasteiger partial charge is 0.178 e. The number of hydrogen-bond donors (Lipinski definition) is 1. The average molecular weight is 311 g/mol. The van der Waals surface area contributed by atoms with Crippen molar-refractivity contribution in [1.29, 1.82) is 0 Å². The predicted octanol–water partition coefficient (Wildman–Crippen LogP) is 4.04. The van der Waals surface area contributed by atoms with E-state index < -0.39 is 0 Å². The molecular weight excluding hydrogens is 294 g/mol. The van der Waals surface area contributed by atoms with E-state index in [9.17, 15) is 5.11 Å². The van der Waals surface area contributed by atoms with E-state index in [-0.39, 0.29) is 5.75 Å². The van der Waals surface area contributed by atoms with Crippen LogP contribution < -0.4 is 9.47 Å². The second-order valence-electron chi connectivity index (χ2n) is 5.08. The Labute approximate surface area is 134 Å². The van der Waals surface area contributed by atoms with Crippen molar-refractivity contribution in [3.8, 4) is 39.7 Å². The lowest BCUT2D eigenvalue weighted by molar-refractivity contribution is 0.405. The standard InChI is InChI=1S/C18H17NO4/c1-11-17(12-4-6-13(21-2)7-5-12)18(23-19-11)15-9-8-14(22-3)10-16(15)20/h4-10,20H,1-3H3. The number of phenolic OH excluding ortho intramolecular Hbond substituents is 1. The van der Waals surface area contributed by atoms with Crippen molar-refractivity contribution in [1.82, 2.24) is 5.16 Å². The molecule has 118 valence electrons. The van der Waals surface area contributed by atoms with Gasteiger partial charge < -0.3 is 19.1 Å². The maximum atomic E-state index is 10.3. The Hall–Kier alpha value is -2.95. The minimum absolute atomic E-state index is 0.0789. The summed E-state index contributed by atoms with van der Waals surface area (Å²) in [6.07, 6.45) is 0. The van der Waals surface area contributed by atoms with Gasteiger partial charge in [0.1, 0.15) is 17.2 Å². The van der Waals surface area contributed by atoms with Crippen LogP contribution in [0.5, 0.6) is 17.2 Å². The molecule has 0 amide bonds. The summed E-state index contributed by atoms with van der Waals surface area (Å²) < 4.78 is 15.8. The molecule has 1 aromatic heterocycles. The lowest BCUT2D eigenvalue weighted by Crippen LogP contribution is -1.87. The highest BCUT2D eigenvalue weighted by atomic mass is 16.5. The van der Waals surface area contributed by atoms with Crippen molar-refractivity contribution in [2.75, 3.05) is 14.2 Å². The van der Waals surface area contributed by atoms with E-state index in [1.807, 2.05) is 31.2 Å². The van der Waals surface area contributed by atoms with Crippen LogP contribution in [-0.2, 0) is 0 Å². The number of methoxy groups -OCH3 is 2. The van der Waals surface area contributed by atoms with Crippen LogP contribution in [0.15, 0.2) is 47.0 Å². The molecular formula is C18H17NO4. The van der Waals surface area contributed by atoms with Crippen LogP contribution >= 0.6 is 0 Å². The van der Waals surface area contributed by atoms with E-state index in [1.54, 1.807) is 32.4 Å². The maximum absolute atomic E-state index is 10.3. The summed E-state index contributed by atoms with van der Waals surface area (Å²) in [5.41, 5.74) is 3.10. The number of phenols is 1. The molecule has 3 rings (SSSR count). The number of ether oxygens (including phenoxy) is 2. The summed E-state index contributed by atoms with van der Waals surface area (Å²) in [5.74, 6) is 1.95. The molecule has 0 atom stereocenters. The van der Waals surface area contributed by atoms with Crippen molar-refractivity contribution in [2.45, 2.75) is 6.92 Å². The van der Waals surface area contributed by atoms with Crippen LogP contribution in [0, 0.1) is 6.92 Å². The van der Waals surface area contributed by atoms with Gasteiger partial charge in [-0.25, -0.2) is 0 Å². The van der Waals surface area contributed by atoms with Crippen LogP contribution in [-0.4, -0.2) is 24.5 Å². The van der Waals surface area contributed by atoms with Gasteiger partial charge in [-0.3, -0.25) is 0 Å². The summed E-state index contributed by atoms with van der Waals surface area (Å²) >= 11 is 0. The third-order valence-corrected chi connectivity index (χ3v) is 3.69. The van der Waals surface area contributed by atoms with Crippen molar-refractivity contribution in [3.05, 3.63) is 48.2 Å². The Morgan fingerprint density at radius 2 is 1.61 bits per heavy atom. The number of nitrogens with zero attached hydrogens (tertiary/aromatic N) is 1. The number of aromatic nitrogens is 1. The van der Waals surface area contributed by atoms with Gasteiger partial charge >= 0.3 is 0 Å². The Morgan fingerprint density at radius 3 is 2.22 bits per heavy atom. The molecule has 0 fully saturated rings. The molecule has 0 radical (unpaired) electrons. The highest BCUT2D eigenvalue weighted by Crippen LogP contribution is 2.40. The summed E-state index contributed by atoms with van der Waals surface area (Å²) in [5, 5.41) is 14.3. The second-order valence-corrected chi connectivity index (χ2v) is 5.08. The van der Waals surface area contributed by atoms with Gasteiger partial charge in [0.25, 0.3) is 0 Å². The number of benzene rings is 2. The summed E-state index contributed by atoms with van der Waals surface area (Å²) in [6, 6.07) is 12.7. The molecule has 0 unspecified atom stereocenters. The van der Waals surface area contributed by atoms with Crippen LogP contribution in [0.2, 0.25) is 0 Å². The van der Waals surface area contributed by atoms with Crippen LogP contribution in [0.25, 0.3) is 22.5 Å². The maximum Gasteiger partial charge on any atom is 0.178 e. The van der Waals surface area contributed by atoms with E-state index in [0.29, 0.717) is 17.1 Å². The zero-order chi connectivity index (χ0) is 16.4. The fraction of sp³-hybridized carbons (Fsp3) is 0.167. The molecule has 0 aliphatic rings. The molecule has 2 aromatic carbocycles. The first-order valence-corrected chi connectivity index (χ1v) is 7.12. The lowest BCUT2D eigenvalue weighted by Gasteiger charge is -2.07. The fourth-order valence-corrected chi connectivity index (χ4v) is 2.48. The van der Waals surface area contributed by atoms with Gasteiger partial charge in [0, 0.05) is 6.07 Å². The number of aryl methyl sites for hydroxylation is 1. The molecule has 0 spiro atoms.